The van der Waals surface area contributed by atoms with Gasteiger partial charge in [-0.3, -0.25) is 0 Å². The van der Waals surface area contributed by atoms with E-state index in [1.165, 1.54) is 19.2 Å². The van der Waals surface area contributed by atoms with E-state index in [2.05, 4.69) is 5.16 Å². The fourth-order valence-electron chi connectivity index (χ4n) is 1.43. The maximum absolute atomic E-state index is 13.4. The van der Waals surface area contributed by atoms with Crippen molar-refractivity contribution in [2.24, 2.45) is 0 Å². The number of anilines is 1. The van der Waals surface area contributed by atoms with E-state index in [0.29, 0.717) is 22.6 Å². The van der Waals surface area contributed by atoms with E-state index in [9.17, 15) is 4.39 Å². The zero-order valence-electron chi connectivity index (χ0n) is 8.95. The molecule has 16 heavy (non-hydrogen) atoms. The highest BCUT2D eigenvalue weighted by Crippen LogP contribution is 2.32. The molecule has 0 aliphatic carbocycles. The second kappa shape index (κ2) is 3.84. The molecule has 1 aromatic carbocycles. The molecule has 0 fully saturated rings. The summed E-state index contributed by atoms with van der Waals surface area (Å²) in [7, 11) is 1.51. The molecule has 0 atom stereocenters. The molecule has 0 bridgehead atoms. The van der Waals surface area contributed by atoms with Crippen LogP contribution in [0.1, 0.15) is 5.56 Å². The van der Waals surface area contributed by atoms with Crippen LogP contribution in [-0.4, -0.2) is 12.3 Å². The number of ether oxygens (including phenoxy) is 1. The van der Waals surface area contributed by atoms with E-state index >= 15 is 0 Å². The summed E-state index contributed by atoms with van der Waals surface area (Å²) in [6.07, 6.45) is 0. The Balaban J connectivity index is 2.59. The molecule has 2 rings (SSSR count). The molecule has 2 aromatic rings. The van der Waals surface area contributed by atoms with Gasteiger partial charge in [0.1, 0.15) is 11.6 Å². The van der Waals surface area contributed by atoms with Crippen molar-refractivity contribution in [1.82, 2.24) is 5.16 Å². The Labute approximate surface area is 91.8 Å². The van der Waals surface area contributed by atoms with Gasteiger partial charge in [0, 0.05) is 6.07 Å². The molecule has 0 amide bonds. The first kappa shape index (κ1) is 10.5. The molecule has 5 heteroatoms. The summed E-state index contributed by atoms with van der Waals surface area (Å²) in [6, 6.07) is 4.46. The summed E-state index contributed by atoms with van der Waals surface area (Å²) in [5.41, 5.74) is 6.44. The van der Waals surface area contributed by atoms with Gasteiger partial charge < -0.3 is 15.0 Å². The lowest BCUT2D eigenvalue weighted by Crippen LogP contribution is -1.91. The minimum Gasteiger partial charge on any atom is -0.496 e. The lowest BCUT2D eigenvalue weighted by molar-refractivity contribution is 0.405. The van der Waals surface area contributed by atoms with Crippen LogP contribution in [-0.2, 0) is 0 Å². The Morgan fingerprint density at radius 1 is 1.38 bits per heavy atom. The quantitative estimate of drug-likeness (QED) is 0.847. The summed E-state index contributed by atoms with van der Waals surface area (Å²) in [4.78, 5) is 0. The second-order valence-corrected chi connectivity index (χ2v) is 3.42. The minimum absolute atomic E-state index is 0.248. The van der Waals surface area contributed by atoms with E-state index in [4.69, 9.17) is 15.0 Å². The molecular weight excluding hydrogens is 211 g/mol. The van der Waals surface area contributed by atoms with Crippen molar-refractivity contribution in [3.8, 4) is 17.1 Å². The highest BCUT2D eigenvalue weighted by molar-refractivity contribution is 5.68. The molecule has 0 spiro atoms. The lowest BCUT2D eigenvalue weighted by atomic mass is 10.1. The summed E-state index contributed by atoms with van der Waals surface area (Å²) in [5, 5.41) is 3.55. The number of halogens is 1. The van der Waals surface area contributed by atoms with Crippen LogP contribution in [0.25, 0.3) is 11.3 Å². The van der Waals surface area contributed by atoms with Gasteiger partial charge in [0.25, 0.3) is 0 Å². The number of rotatable bonds is 2. The van der Waals surface area contributed by atoms with Crippen LogP contribution >= 0.6 is 0 Å². The van der Waals surface area contributed by atoms with Gasteiger partial charge in [0.05, 0.1) is 12.7 Å². The molecule has 0 aliphatic rings. The van der Waals surface area contributed by atoms with Crippen LogP contribution in [0.4, 0.5) is 10.2 Å². The van der Waals surface area contributed by atoms with Gasteiger partial charge in [-0.15, -0.1) is 0 Å². The zero-order valence-corrected chi connectivity index (χ0v) is 8.95. The van der Waals surface area contributed by atoms with Crippen LogP contribution in [0.15, 0.2) is 22.7 Å². The van der Waals surface area contributed by atoms with Gasteiger partial charge in [0.15, 0.2) is 11.6 Å². The molecule has 84 valence electrons. The predicted octanol–water partition coefficient (Wildman–Crippen LogP) is 2.38. The van der Waals surface area contributed by atoms with E-state index in [1.807, 2.05) is 0 Å². The number of nitrogen functional groups attached to an aromatic ring is 1. The summed E-state index contributed by atoms with van der Waals surface area (Å²) >= 11 is 0. The average Bonchev–Trinajstić information content (AvgIpc) is 2.68. The molecular formula is C11H11FN2O2. The van der Waals surface area contributed by atoms with Gasteiger partial charge in [0.2, 0.25) is 0 Å². The molecule has 0 unspecified atom stereocenters. The van der Waals surface area contributed by atoms with Crippen LogP contribution < -0.4 is 10.5 Å². The van der Waals surface area contributed by atoms with Crippen molar-refractivity contribution in [3.05, 3.63) is 29.6 Å². The first-order valence-electron chi connectivity index (χ1n) is 4.68. The largest absolute Gasteiger partial charge is 0.496 e. The number of aryl methyl sites for hydroxylation is 1. The first-order chi connectivity index (χ1) is 7.61. The predicted molar refractivity (Wildman–Crippen MR) is 57.6 cm³/mol. The summed E-state index contributed by atoms with van der Waals surface area (Å²) in [5.74, 6) is 0.826. The van der Waals surface area contributed by atoms with Crippen LogP contribution in [0.2, 0.25) is 0 Å². The Morgan fingerprint density at radius 2 is 2.12 bits per heavy atom. The summed E-state index contributed by atoms with van der Waals surface area (Å²) < 4.78 is 23.6. The molecule has 1 aromatic heterocycles. The van der Waals surface area contributed by atoms with Crippen LogP contribution in [0.3, 0.4) is 0 Å². The van der Waals surface area contributed by atoms with E-state index in [0.717, 1.165) is 0 Å². The average molecular weight is 222 g/mol. The Bertz CT molecular complexity index is 523. The molecule has 0 radical (unpaired) electrons. The molecule has 0 saturated carbocycles. The smallest absolute Gasteiger partial charge is 0.172 e. The van der Waals surface area contributed by atoms with Crippen LogP contribution in [0.5, 0.6) is 5.75 Å². The molecule has 0 saturated heterocycles. The van der Waals surface area contributed by atoms with E-state index < -0.39 is 0 Å². The van der Waals surface area contributed by atoms with E-state index in [1.54, 1.807) is 13.0 Å². The van der Waals surface area contributed by atoms with Crippen molar-refractivity contribution in [1.29, 1.82) is 0 Å². The maximum atomic E-state index is 13.4. The number of nitrogens with zero attached hydrogens (tertiary/aromatic N) is 1. The maximum Gasteiger partial charge on any atom is 0.172 e. The normalized spacial score (nSPS) is 10.4. The number of nitrogens with two attached hydrogens (primary N) is 1. The molecule has 0 aliphatic heterocycles. The van der Waals surface area contributed by atoms with Crippen molar-refractivity contribution >= 4 is 5.82 Å². The number of benzene rings is 1. The third kappa shape index (κ3) is 1.71. The SMILES string of the molecule is COc1cc(C)c(F)cc1-c1cc(N)no1. The monoisotopic (exact) mass is 222 g/mol. The standard InChI is InChI=1S/C11H11FN2O2/c1-6-3-9(15-2)7(4-8(6)12)10-5-11(13)14-16-10/h3-5H,1-2H3,(H2,13,14). The van der Waals surface area contributed by atoms with Gasteiger partial charge in [-0.1, -0.05) is 5.16 Å². The topological polar surface area (TPSA) is 61.3 Å². The van der Waals surface area contributed by atoms with Crippen molar-refractivity contribution in [2.45, 2.75) is 6.92 Å². The zero-order chi connectivity index (χ0) is 11.7. The van der Waals surface area contributed by atoms with Crippen LogP contribution in [0, 0.1) is 12.7 Å². The van der Waals surface area contributed by atoms with Crippen molar-refractivity contribution < 1.29 is 13.7 Å². The fraction of sp³-hybridized carbons (Fsp3) is 0.182. The number of hydrogen-bond donors (Lipinski definition) is 1. The lowest BCUT2D eigenvalue weighted by Gasteiger charge is -2.07. The Hall–Kier alpha value is -2.04. The summed E-state index contributed by atoms with van der Waals surface area (Å²) in [6.45, 7) is 1.66. The molecule has 4 nitrogen and oxygen atoms in total. The number of aromatic nitrogens is 1. The highest BCUT2D eigenvalue weighted by atomic mass is 19.1. The molecule has 1 heterocycles. The van der Waals surface area contributed by atoms with E-state index in [-0.39, 0.29) is 11.6 Å². The van der Waals surface area contributed by atoms with Gasteiger partial charge >= 0.3 is 0 Å². The van der Waals surface area contributed by atoms with Crippen molar-refractivity contribution in [2.75, 3.05) is 12.8 Å². The number of methoxy groups -OCH3 is 1. The Kier molecular flexibility index (Phi) is 2.52. The second-order valence-electron chi connectivity index (χ2n) is 3.42. The molecule has 2 N–H and O–H groups in total. The fourth-order valence-corrected chi connectivity index (χ4v) is 1.43. The third-order valence-corrected chi connectivity index (χ3v) is 2.27. The Morgan fingerprint density at radius 3 is 2.69 bits per heavy atom. The first-order valence-corrected chi connectivity index (χ1v) is 4.68. The van der Waals surface area contributed by atoms with Gasteiger partial charge in [-0.25, -0.2) is 4.39 Å². The number of hydrogen-bond acceptors (Lipinski definition) is 4. The van der Waals surface area contributed by atoms with Gasteiger partial charge in [-0.05, 0) is 24.6 Å². The third-order valence-electron chi connectivity index (χ3n) is 2.27. The highest BCUT2D eigenvalue weighted by Gasteiger charge is 2.13. The minimum atomic E-state index is -0.328. The van der Waals surface area contributed by atoms with Crippen molar-refractivity contribution in [3.63, 3.8) is 0 Å². The van der Waals surface area contributed by atoms with Gasteiger partial charge in [-0.2, -0.15) is 0 Å².